The van der Waals surface area contributed by atoms with Crippen LogP contribution in [0.4, 0.5) is 20.4 Å². The Morgan fingerprint density at radius 1 is 1.47 bits per heavy atom. The summed E-state index contributed by atoms with van der Waals surface area (Å²) >= 11 is 1.77. The van der Waals surface area contributed by atoms with Gasteiger partial charge in [0.2, 0.25) is 0 Å². The lowest BCUT2D eigenvalue weighted by Crippen LogP contribution is -2.40. The number of anilines is 2. The summed E-state index contributed by atoms with van der Waals surface area (Å²) in [5, 5.41) is 2.92. The molecule has 0 unspecified atom stereocenters. The first kappa shape index (κ1) is 12.4. The molecule has 94 valence electrons. The van der Waals surface area contributed by atoms with E-state index in [4.69, 9.17) is 5.73 Å². The van der Waals surface area contributed by atoms with E-state index in [1.54, 1.807) is 11.8 Å². The summed E-state index contributed by atoms with van der Waals surface area (Å²) in [6, 6.07) is 0.761. The predicted octanol–water partition coefficient (Wildman–Crippen LogP) is 2.64. The van der Waals surface area contributed by atoms with Gasteiger partial charge in [-0.3, -0.25) is 0 Å². The summed E-state index contributed by atoms with van der Waals surface area (Å²) in [5.74, 6) is -1.77. The maximum absolute atomic E-state index is 13.4. The van der Waals surface area contributed by atoms with Crippen LogP contribution in [-0.4, -0.2) is 22.5 Å². The van der Waals surface area contributed by atoms with E-state index in [9.17, 15) is 8.78 Å². The maximum atomic E-state index is 13.4. The van der Waals surface area contributed by atoms with Crippen LogP contribution in [0.2, 0.25) is 0 Å². The maximum Gasteiger partial charge on any atom is 0.168 e. The molecule has 1 aromatic rings. The lowest BCUT2D eigenvalue weighted by Gasteiger charge is -2.40. The zero-order chi connectivity index (χ0) is 12.5. The number of pyridine rings is 1. The first-order valence-corrected chi connectivity index (χ1v) is 6.69. The highest BCUT2D eigenvalue weighted by Gasteiger charge is 2.36. The van der Waals surface area contributed by atoms with E-state index in [0.717, 1.165) is 18.9 Å². The molecule has 0 aromatic carbocycles. The van der Waals surface area contributed by atoms with Gasteiger partial charge in [0.05, 0.1) is 0 Å². The molecule has 0 amide bonds. The lowest BCUT2D eigenvalue weighted by atomic mass is 9.84. The van der Waals surface area contributed by atoms with E-state index < -0.39 is 11.6 Å². The van der Waals surface area contributed by atoms with Crippen LogP contribution in [0.25, 0.3) is 0 Å². The van der Waals surface area contributed by atoms with Crippen molar-refractivity contribution in [1.29, 1.82) is 0 Å². The van der Waals surface area contributed by atoms with Crippen LogP contribution >= 0.6 is 11.8 Å². The average Bonchev–Trinajstić information content (AvgIpc) is 2.24. The summed E-state index contributed by atoms with van der Waals surface area (Å²) in [5.41, 5.74) is 5.31. The van der Waals surface area contributed by atoms with Gasteiger partial charge >= 0.3 is 0 Å². The first-order valence-electron chi connectivity index (χ1n) is 5.47. The van der Waals surface area contributed by atoms with E-state index in [1.807, 2.05) is 6.26 Å². The number of nitrogens with two attached hydrogens (primary N) is 1. The van der Waals surface area contributed by atoms with E-state index in [1.165, 1.54) is 6.42 Å². The van der Waals surface area contributed by atoms with Gasteiger partial charge in [-0.05, 0) is 19.1 Å². The highest BCUT2D eigenvalue weighted by molar-refractivity contribution is 8.00. The number of hydrogen-bond acceptors (Lipinski definition) is 4. The highest BCUT2D eigenvalue weighted by Crippen LogP contribution is 2.42. The molecule has 3 N–H and O–H groups in total. The van der Waals surface area contributed by atoms with E-state index in [-0.39, 0.29) is 16.4 Å². The van der Waals surface area contributed by atoms with Gasteiger partial charge in [0, 0.05) is 17.4 Å². The Balaban J connectivity index is 2.06. The Labute approximate surface area is 103 Å². The number of halogens is 2. The fraction of sp³-hybridized carbons (Fsp3) is 0.545. The average molecular weight is 259 g/mol. The van der Waals surface area contributed by atoms with Crippen molar-refractivity contribution in [3.63, 3.8) is 0 Å². The second-order valence-corrected chi connectivity index (χ2v) is 5.55. The molecule has 0 radical (unpaired) electrons. The minimum atomic E-state index is -0.823. The van der Waals surface area contributed by atoms with Gasteiger partial charge < -0.3 is 11.1 Å². The van der Waals surface area contributed by atoms with Crippen molar-refractivity contribution < 1.29 is 8.78 Å². The third-order valence-electron chi connectivity index (χ3n) is 3.23. The van der Waals surface area contributed by atoms with Crippen molar-refractivity contribution in [2.45, 2.75) is 24.0 Å². The smallest absolute Gasteiger partial charge is 0.168 e. The number of nitrogens with zero attached hydrogens (tertiary/aromatic N) is 1. The first-order chi connectivity index (χ1) is 8.06. The molecule has 3 nitrogen and oxygen atoms in total. The van der Waals surface area contributed by atoms with E-state index in [0.29, 0.717) is 6.54 Å². The molecule has 1 aliphatic rings. The Morgan fingerprint density at radius 2 is 2.18 bits per heavy atom. The number of hydrogen-bond donors (Lipinski definition) is 2. The fourth-order valence-electron chi connectivity index (χ4n) is 1.87. The number of nitrogens with one attached hydrogen (secondary N) is 1. The Hall–Kier alpha value is -1.04. The van der Waals surface area contributed by atoms with Crippen LogP contribution in [0.3, 0.4) is 0 Å². The van der Waals surface area contributed by atoms with Gasteiger partial charge in [-0.1, -0.05) is 6.42 Å². The van der Waals surface area contributed by atoms with Gasteiger partial charge in [-0.15, -0.1) is 0 Å². The van der Waals surface area contributed by atoms with Crippen LogP contribution in [-0.2, 0) is 0 Å². The van der Waals surface area contributed by atoms with Crippen molar-refractivity contribution in [3.05, 3.63) is 17.7 Å². The van der Waals surface area contributed by atoms with Gasteiger partial charge in [0.25, 0.3) is 0 Å². The number of thioether (sulfide) groups is 1. The third-order valence-corrected chi connectivity index (χ3v) is 4.65. The zero-order valence-electron chi connectivity index (χ0n) is 9.59. The molecule has 1 saturated carbocycles. The van der Waals surface area contributed by atoms with Crippen molar-refractivity contribution in [2.75, 3.05) is 23.9 Å². The van der Waals surface area contributed by atoms with Gasteiger partial charge in [0.15, 0.2) is 23.3 Å². The van der Waals surface area contributed by atoms with Crippen molar-refractivity contribution in [3.8, 4) is 0 Å². The third kappa shape index (κ3) is 2.46. The molecule has 1 aromatic heterocycles. The molecule has 1 aliphatic carbocycles. The topological polar surface area (TPSA) is 50.9 Å². The molecule has 0 bridgehead atoms. The summed E-state index contributed by atoms with van der Waals surface area (Å²) in [6.45, 7) is 0.628. The molecule has 1 heterocycles. The van der Waals surface area contributed by atoms with Crippen LogP contribution in [0, 0.1) is 11.6 Å². The SMILES string of the molecule is CSC1(CNc2nc(N)c(F)cc2F)CCC1. The molecule has 0 saturated heterocycles. The summed E-state index contributed by atoms with van der Waals surface area (Å²) in [4.78, 5) is 3.68. The lowest BCUT2D eigenvalue weighted by molar-refractivity contribution is 0.379. The van der Waals surface area contributed by atoms with Crippen LogP contribution in [0.5, 0.6) is 0 Å². The largest absolute Gasteiger partial charge is 0.381 e. The fourth-order valence-corrected chi connectivity index (χ4v) is 2.79. The number of rotatable bonds is 4. The minimum absolute atomic E-state index is 0.0317. The highest BCUT2D eigenvalue weighted by atomic mass is 32.2. The van der Waals surface area contributed by atoms with E-state index in [2.05, 4.69) is 10.3 Å². The standard InChI is InChI=1S/C11H15F2N3S/c1-17-11(3-2-4-11)6-15-10-8(13)5-7(12)9(14)16-10/h5H,2-4,6H2,1H3,(H3,14,15,16). The van der Waals surface area contributed by atoms with Gasteiger partial charge in [-0.2, -0.15) is 11.8 Å². The molecule has 0 aliphatic heterocycles. The Morgan fingerprint density at radius 3 is 2.71 bits per heavy atom. The number of nitrogen functional groups attached to an aromatic ring is 1. The van der Waals surface area contributed by atoms with Crippen LogP contribution in [0.1, 0.15) is 19.3 Å². The second-order valence-electron chi connectivity index (χ2n) is 4.28. The second kappa shape index (κ2) is 4.68. The molecule has 0 atom stereocenters. The molecular formula is C11H15F2N3S. The summed E-state index contributed by atoms with van der Waals surface area (Å²) in [7, 11) is 0. The quantitative estimate of drug-likeness (QED) is 0.872. The van der Waals surface area contributed by atoms with E-state index >= 15 is 0 Å². The molecule has 17 heavy (non-hydrogen) atoms. The Bertz CT molecular complexity index is 416. The summed E-state index contributed by atoms with van der Waals surface area (Å²) in [6.07, 6.45) is 5.46. The summed E-state index contributed by atoms with van der Waals surface area (Å²) < 4.78 is 26.5. The van der Waals surface area contributed by atoms with Gasteiger partial charge in [-0.25, -0.2) is 13.8 Å². The normalized spacial score (nSPS) is 17.6. The zero-order valence-corrected chi connectivity index (χ0v) is 10.4. The molecule has 6 heteroatoms. The monoisotopic (exact) mass is 259 g/mol. The molecule has 0 spiro atoms. The molecular weight excluding hydrogens is 244 g/mol. The molecule has 1 fully saturated rings. The minimum Gasteiger partial charge on any atom is -0.381 e. The Kier molecular flexibility index (Phi) is 3.42. The molecule has 2 rings (SSSR count). The van der Waals surface area contributed by atoms with Crippen LogP contribution < -0.4 is 11.1 Å². The number of aromatic nitrogens is 1. The van der Waals surface area contributed by atoms with Crippen molar-refractivity contribution in [2.24, 2.45) is 0 Å². The van der Waals surface area contributed by atoms with Crippen LogP contribution in [0.15, 0.2) is 6.07 Å². The van der Waals surface area contributed by atoms with Crippen molar-refractivity contribution in [1.82, 2.24) is 4.98 Å². The van der Waals surface area contributed by atoms with Gasteiger partial charge in [0.1, 0.15) is 0 Å². The predicted molar refractivity (Wildman–Crippen MR) is 67.2 cm³/mol. The van der Waals surface area contributed by atoms with Crippen molar-refractivity contribution >= 4 is 23.4 Å².